The van der Waals surface area contributed by atoms with Gasteiger partial charge >= 0.3 is 0 Å². The standard InChI is InChI=1S/C10H14N2O5S.ClH/c1-18(16,17)7-2-3-8(9(11)4-5-13)10(6-7)12(14)15;/h2-3,6,9,13H,4-5,11H2,1H3;1H. The van der Waals surface area contributed by atoms with Crippen LogP contribution in [0.5, 0.6) is 0 Å². The van der Waals surface area contributed by atoms with Gasteiger partial charge in [-0.1, -0.05) is 0 Å². The van der Waals surface area contributed by atoms with Gasteiger partial charge in [0, 0.05) is 30.5 Å². The first-order valence-corrected chi connectivity index (χ1v) is 7.01. The molecule has 1 atom stereocenters. The Morgan fingerprint density at radius 2 is 2.05 bits per heavy atom. The minimum atomic E-state index is -3.51. The summed E-state index contributed by atoms with van der Waals surface area (Å²) in [4.78, 5) is 10.1. The van der Waals surface area contributed by atoms with Gasteiger partial charge in [0.2, 0.25) is 0 Å². The summed E-state index contributed by atoms with van der Waals surface area (Å²) in [5.74, 6) is 0. The Balaban J connectivity index is 0.00000324. The van der Waals surface area contributed by atoms with Crippen LogP contribution in [0.3, 0.4) is 0 Å². The third-order valence-corrected chi connectivity index (χ3v) is 3.58. The zero-order valence-electron chi connectivity index (χ0n) is 10.1. The Bertz CT molecular complexity index is 561. The van der Waals surface area contributed by atoms with Gasteiger partial charge < -0.3 is 10.8 Å². The highest BCUT2D eigenvalue weighted by Crippen LogP contribution is 2.28. The average Bonchev–Trinajstić information content (AvgIpc) is 2.27. The predicted octanol–water partition coefficient (Wildman–Crippen LogP) is 0.802. The molecule has 0 heterocycles. The predicted molar refractivity (Wildman–Crippen MR) is 72.1 cm³/mol. The van der Waals surface area contributed by atoms with E-state index in [-0.39, 0.29) is 41.6 Å². The van der Waals surface area contributed by atoms with Crippen LogP contribution in [0.25, 0.3) is 0 Å². The molecule has 3 N–H and O–H groups in total. The van der Waals surface area contributed by atoms with Crippen LogP contribution >= 0.6 is 12.4 Å². The molecule has 0 saturated heterocycles. The Labute approximate surface area is 116 Å². The molecule has 0 fully saturated rings. The minimum Gasteiger partial charge on any atom is -0.396 e. The first kappa shape index (κ1) is 17.8. The number of sulfone groups is 1. The highest BCUT2D eigenvalue weighted by atomic mass is 35.5. The Hall–Kier alpha value is -1.22. The van der Waals surface area contributed by atoms with E-state index in [9.17, 15) is 18.5 Å². The van der Waals surface area contributed by atoms with Crippen molar-refractivity contribution in [3.8, 4) is 0 Å². The summed E-state index contributed by atoms with van der Waals surface area (Å²) in [6.07, 6.45) is 1.14. The largest absolute Gasteiger partial charge is 0.396 e. The molecular weight excluding hydrogens is 296 g/mol. The Morgan fingerprint density at radius 1 is 1.47 bits per heavy atom. The number of nitrogens with two attached hydrogens (primary N) is 1. The molecule has 0 spiro atoms. The molecule has 1 aromatic carbocycles. The Morgan fingerprint density at radius 3 is 2.47 bits per heavy atom. The molecule has 0 saturated carbocycles. The molecule has 0 amide bonds. The minimum absolute atomic E-state index is 0. The molecule has 0 bridgehead atoms. The second-order valence-corrected chi connectivity index (χ2v) is 5.88. The van der Waals surface area contributed by atoms with Gasteiger partial charge in [0.1, 0.15) is 0 Å². The number of halogens is 1. The lowest BCUT2D eigenvalue weighted by Crippen LogP contribution is -2.14. The van der Waals surface area contributed by atoms with Gasteiger partial charge in [0.25, 0.3) is 5.69 Å². The second kappa shape index (κ2) is 6.80. The number of rotatable bonds is 5. The molecule has 0 aliphatic heterocycles. The summed E-state index contributed by atoms with van der Waals surface area (Å²) in [6, 6.07) is 2.87. The van der Waals surface area contributed by atoms with E-state index in [1.165, 1.54) is 12.1 Å². The van der Waals surface area contributed by atoms with E-state index in [1.807, 2.05) is 0 Å². The first-order chi connectivity index (χ1) is 8.27. The number of aliphatic hydroxyl groups excluding tert-OH is 1. The molecule has 1 rings (SSSR count). The summed E-state index contributed by atoms with van der Waals surface area (Å²) in [6.45, 7) is -0.202. The summed E-state index contributed by atoms with van der Waals surface area (Å²) in [5, 5.41) is 19.7. The maximum Gasteiger partial charge on any atom is 0.275 e. The van der Waals surface area contributed by atoms with Gasteiger partial charge in [-0.3, -0.25) is 10.1 Å². The van der Waals surface area contributed by atoms with Crippen molar-refractivity contribution in [1.82, 2.24) is 0 Å². The molecule has 0 radical (unpaired) electrons. The van der Waals surface area contributed by atoms with Crippen molar-refractivity contribution < 1.29 is 18.4 Å². The molecule has 1 aromatic rings. The van der Waals surface area contributed by atoms with Gasteiger partial charge in [0.15, 0.2) is 9.84 Å². The smallest absolute Gasteiger partial charge is 0.275 e. The average molecular weight is 311 g/mol. The summed E-state index contributed by atoms with van der Waals surface area (Å²) >= 11 is 0. The highest BCUT2D eigenvalue weighted by Gasteiger charge is 2.22. The third-order valence-electron chi connectivity index (χ3n) is 2.47. The van der Waals surface area contributed by atoms with E-state index in [2.05, 4.69) is 0 Å². The molecule has 0 aliphatic rings. The zero-order valence-corrected chi connectivity index (χ0v) is 11.8. The summed E-state index contributed by atoms with van der Waals surface area (Å²) in [7, 11) is -3.51. The van der Waals surface area contributed by atoms with Gasteiger partial charge in [-0.25, -0.2) is 8.42 Å². The van der Waals surface area contributed by atoms with Gasteiger partial charge in [-0.15, -0.1) is 12.4 Å². The van der Waals surface area contributed by atoms with E-state index >= 15 is 0 Å². The van der Waals surface area contributed by atoms with E-state index in [0.29, 0.717) is 0 Å². The van der Waals surface area contributed by atoms with Crippen LogP contribution in [-0.2, 0) is 9.84 Å². The lowest BCUT2D eigenvalue weighted by Gasteiger charge is -2.11. The number of nitro benzene ring substituents is 1. The van der Waals surface area contributed by atoms with Crippen LogP contribution in [-0.4, -0.2) is 31.3 Å². The molecule has 0 aliphatic carbocycles. The number of aliphatic hydroxyl groups is 1. The van der Waals surface area contributed by atoms with Gasteiger partial charge in [-0.05, 0) is 18.6 Å². The Kier molecular flexibility index (Phi) is 6.37. The molecule has 7 nitrogen and oxygen atoms in total. The van der Waals surface area contributed by atoms with Crippen LogP contribution in [0, 0.1) is 10.1 Å². The fourth-order valence-electron chi connectivity index (χ4n) is 1.52. The summed E-state index contributed by atoms with van der Waals surface area (Å²) < 4.78 is 22.6. The number of hydrogen-bond acceptors (Lipinski definition) is 6. The maximum atomic E-state index is 11.3. The maximum absolute atomic E-state index is 11.3. The molecule has 0 aromatic heterocycles. The fraction of sp³-hybridized carbons (Fsp3) is 0.400. The van der Waals surface area contributed by atoms with Crippen LogP contribution in [0.4, 0.5) is 5.69 Å². The molecule has 108 valence electrons. The molecule has 1 unspecified atom stereocenters. The number of benzene rings is 1. The van der Waals surface area contributed by atoms with Crippen molar-refractivity contribution in [3.05, 3.63) is 33.9 Å². The van der Waals surface area contributed by atoms with E-state index in [4.69, 9.17) is 10.8 Å². The van der Waals surface area contributed by atoms with Gasteiger partial charge in [0.05, 0.1) is 9.82 Å². The van der Waals surface area contributed by atoms with E-state index in [0.717, 1.165) is 12.3 Å². The molecule has 9 heteroatoms. The van der Waals surface area contributed by atoms with Crippen LogP contribution < -0.4 is 5.73 Å². The van der Waals surface area contributed by atoms with Crippen molar-refractivity contribution in [3.63, 3.8) is 0 Å². The lowest BCUT2D eigenvalue weighted by atomic mass is 10.0. The first-order valence-electron chi connectivity index (χ1n) is 5.12. The molecular formula is C10H15ClN2O5S. The van der Waals surface area contributed by atoms with Crippen LogP contribution in [0.15, 0.2) is 23.1 Å². The van der Waals surface area contributed by atoms with Gasteiger partial charge in [-0.2, -0.15) is 0 Å². The van der Waals surface area contributed by atoms with Crippen molar-refractivity contribution in [2.45, 2.75) is 17.4 Å². The van der Waals surface area contributed by atoms with Crippen LogP contribution in [0.1, 0.15) is 18.0 Å². The number of hydrogen-bond donors (Lipinski definition) is 2. The number of nitrogens with zero attached hydrogens (tertiary/aromatic N) is 1. The normalized spacial score (nSPS) is 12.6. The lowest BCUT2D eigenvalue weighted by molar-refractivity contribution is -0.386. The molecule has 19 heavy (non-hydrogen) atoms. The van der Waals surface area contributed by atoms with Crippen molar-refractivity contribution in [2.75, 3.05) is 12.9 Å². The second-order valence-electron chi connectivity index (χ2n) is 3.87. The highest BCUT2D eigenvalue weighted by molar-refractivity contribution is 7.90. The topological polar surface area (TPSA) is 124 Å². The van der Waals surface area contributed by atoms with Crippen molar-refractivity contribution >= 4 is 27.9 Å². The number of nitro groups is 1. The third kappa shape index (κ3) is 4.43. The SMILES string of the molecule is CS(=O)(=O)c1ccc(C(N)CCO)c([N+](=O)[O-])c1.Cl. The zero-order chi connectivity index (χ0) is 13.9. The quantitative estimate of drug-likeness (QED) is 0.612. The van der Waals surface area contributed by atoms with Crippen molar-refractivity contribution in [2.24, 2.45) is 5.73 Å². The van der Waals surface area contributed by atoms with Crippen molar-refractivity contribution in [1.29, 1.82) is 0 Å². The fourth-order valence-corrected chi connectivity index (χ4v) is 2.16. The van der Waals surface area contributed by atoms with E-state index < -0.39 is 20.8 Å². The van der Waals surface area contributed by atoms with E-state index in [1.54, 1.807) is 0 Å². The summed E-state index contributed by atoms with van der Waals surface area (Å²) in [5.41, 5.74) is 5.55. The van der Waals surface area contributed by atoms with Crippen LogP contribution in [0.2, 0.25) is 0 Å². The monoisotopic (exact) mass is 310 g/mol.